The number of halogens is 2. The lowest BCUT2D eigenvalue weighted by Crippen LogP contribution is -2.34. The molecule has 0 radical (unpaired) electrons. The van der Waals surface area contributed by atoms with Crippen molar-refractivity contribution in [1.82, 2.24) is 4.98 Å². The fourth-order valence-electron chi connectivity index (χ4n) is 2.51. The Bertz CT molecular complexity index is 582. The standard InChI is InChI=1S/C15H14BrClN2/c16-15-14(6-3-7-18-15)19-11-8-10(9-11)12-4-1-2-5-13(12)17/h1-7,10-11,19H,8-9H2. The summed E-state index contributed by atoms with van der Waals surface area (Å²) in [5, 5.41) is 4.40. The third-order valence-corrected chi connectivity index (χ3v) is 4.58. The Kier molecular flexibility index (Phi) is 3.76. The van der Waals surface area contributed by atoms with Crippen LogP contribution in [0.2, 0.25) is 5.02 Å². The molecule has 0 aliphatic heterocycles. The molecule has 0 bridgehead atoms. The van der Waals surface area contributed by atoms with Gasteiger partial charge in [-0.3, -0.25) is 0 Å². The van der Waals surface area contributed by atoms with E-state index in [-0.39, 0.29) is 0 Å². The summed E-state index contributed by atoms with van der Waals surface area (Å²) < 4.78 is 0.871. The van der Waals surface area contributed by atoms with Crippen molar-refractivity contribution in [3.63, 3.8) is 0 Å². The molecule has 1 aliphatic carbocycles. The summed E-state index contributed by atoms with van der Waals surface area (Å²) in [7, 11) is 0. The van der Waals surface area contributed by atoms with Crippen molar-refractivity contribution < 1.29 is 0 Å². The summed E-state index contributed by atoms with van der Waals surface area (Å²) in [6.45, 7) is 0. The van der Waals surface area contributed by atoms with Crippen LogP contribution in [0.5, 0.6) is 0 Å². The first-order valence-corrected chi connectivity index (χ1v) is 7.52. The van der Waals surface area contributed by atoms with Gasteiger partial charge in [-0.1, -0.05) is 29.8 Å². The van der Waals surface area contributed by atoms with Crippen LogP contribution in [0.1, 0.15) is 24.3 Å². The molecule has 0 spiro atoms. The average molecular weight is 338 g/mol. The molecule has 19 heavy (non-hydrogen) atoms. The Morgan fingerprint density at radius 3 is 2.68 bits per heavy atom. The fourth-order valence-corrected chi connectivity index (χ4v) is 3.16. The number of nitrogens with one attached hydrogen (secondary N) is 1. The fraction of sp³-hybridized carbons (Fsp3) is 0.267. The van der Waals surface area contributed by atoms with Gasteiger partial charge in [0, 0.05) is 17.3 Å². The van der Waals surface area contributed by atoms with Crippen LogP contribution in [-0.2, 0) is 0 Å². The van der Waals surface area contributed by atoms with Crippen molar-refractivity contribution in [2.24, 2.45) is 0 Å². The quantitative estimate of drug-likeness (QED) is 0.809. The number of aromatic nitrogens is 1. The van der Waals surface area contributed by atoms with Gasteiger partial charge in [0.15, 0.2) is 0 Å². The van der Waals surface area contributed by atoms with Crippen molar-refractivity contribution >= 4 is 33.2 Å². The zero-order valence-electron chi connectivity index (χ0n) is 10.3. The second-order valence-electron chi connectivity index (χ2n) is 4.87. The predicted molar refractivity (Wildman–Crippen MR) is 82.8 cm³/mol. The van der Waals surface area contributed by atoms with Crippen LogP contribution in [0.3, 0.4) is 0 Å². The summed E-state index contributed by atoms with van der Waals surface area (Å²) >= 11 is 9.68. The molecule has 0 saturated heterocycles. The van der Waals surface area contributed by atoms with Gasteiger partial charge in [-0.2, -0.15) is 0 Å². The molecule has 1 aromatic heterocycles. The first kappa shape index (κ1) is 12.9. The molecule has 2 aromatic rings. The van der Waals surface area contributed by atoms with Crippen molar-refractivity contribution in [2.45, 2.75) is 24.8 Å². The molecule has 1 aromatic carbocycles. The summed E-state index contributed by atoms with van der Waals surface area (Å²) in [6.07, 6.45) is 4.01. The molecule has 1 heterocycles. The number of rotatable bonds is 3. The molecule has 1 aliphatic rings. The zero-order valence-corrected chi connectivity index (χ0v) is 12.7. The second-order valence-corrected chi connectivity index (χ2v) is 6.03. The molecular formula is C15H14BrClN2. The Labute approximate surface area is 126 Å². The van der Waals surface area contributed by atoms with Gasteiger partial charge in [-0.15, -0.1) is 0 Å². The number of nitrogens with zero attached hydrogens (tertiary/aromatic N) is 1. The maximum atomic E-state index is 6.23. The van der Waals surface area contributed by atoms with Crippen LogP contribution >= 0.6 is 27.5 Å². The van der Waals surface area contributed by atoms with Gasteiger partial charge in [0.05, 0.1) is 5.69 Å². The van der Waals surface area contributed by atoms with E-state index in [1.165, 1.54) is 5.56 Å². The Morgan fingerprint density at radius 2 is 1.95 bits per heavy atom. The van der Waals surface area contributed by atoms with Gasteiger partial charge in [-0.25, -0.2) is 4.98 Å². The maximum absolute atomic E-state index is 6.23. The molecule has 3 rings (SSSR count). The Balaban J connectivity index is 1.62. The van der Waals surface area contributed by atoms with E-state index in [0.717, 1.165) is 28.2 Å². The molecule has 1 fully saturated rings. The average Bonchev–Trinajstić information content (AvgIpc) is 2.37. The van der Waals surface area contributed by atoms with E-state index in [1.54, 1.807) is 6.20 Å². The Morgan fingerprint density at radius 1 is 1.16 bits per heavy atom. The molecule has 1 saturated carbocycles. The second kappa shape index (κ2) is 5.51. The first-order chi connectivity index (χ1) is 9.24. The number of hydrogen-bond acceptors (Lipinski definition) is 2. The van der Waals surface area contributed by atoms with Crippen molar-refractivity contribution in [3.8, 4) is 0 Å². The Hall–Kier alpha value is -1.06. The van der Waals surface area contributed by atoms with Crippen molar-refractivity contribution in [3.05, 3.63) is 57.8 Å². The molecule has 98 valence electrons. The molecule has 2 nitrogen and oxygen atoms in total. The van der Waals surface area contributed by atoms with Gasteiger partial charge >= 0.3 is 0 Å². The lowest BCUT2D eigenvalue weighted by Gasteiger charge is -2.37. The summed E-state index contributed by atoms with van der Waals surface area (Å²) in [6, 6.07) is 12.6. The van der Waals surface area contributed by atoms with E-state index in [1.807, 2.05) is 24.3 Å². The molecule has 0 unspecified atom stereocenters. The number of anilines is 1. The third-order valence-electron chi connectivity index (χ3n) is 3.60. The lowest BCUT2D eigenvalue weighted by molar-refractivity contribution is 0.374. The zero-order chi connectivity index (χ0) is 13.2. The minimum absolute atomic E-state index is 0.502. The van der Waals surface area contributed by atoms with E-state index in [0.29, 0.717) is 12.0 Å². The normalized spacial score (nSPS) is 21.8. The number of pyridine rings is 1. The van der Waals surface area contributed by atoms with Crippen LogP contribution in [0, 0.1) is 0 Å². The highest BCUT2D eigenvalue weighted by atomic mass is 79.9. The van der Waals surface area contributed by atoms with E-state index in [4.69, 9.17) is 11.6 Å². The highest BCUT2D eigenvalue weighted by molar-refractivity contribution is 9.10. The van der Waals surface area contributed by atoms with Crippen LogP contribution in [-0.4, -0.2) is 11.0 Å². The van der Waals surface area contributed by atoms with Gasteiger partial charge in [0.1, 0.15) is 4.60 Å². The van der Waals surface area contributed by atoms with Crippen LogP contribution in [0.4, 0.5) is 5.69 Å². The minimum Gasteiger partial charge on any atom is -0.380 e. The monoisotopic (exact) mass is 336 g/mol. The van der Waals surface area contributed by atoms with Crippen LogP contribution in [0.15, 0.2) is 47.2 Å². The van der Waals surface area contributed by atoms with Gasteiger partial charge in [0.25, 0.3) is 0 Å². The SMILES string of the molecule is Clc1ccccc1C1CC(Nc2cccnc2Br)C1. The third kappa shape index (κ3) is 2.77. The highest BCUT2D eigenvalue weighted by Crippen LogP contribution is 2.41. The summed E-state index contributed by atoms with van der Waals surface area (Å²) in [5.74, 6) is 0.571. The molecule has 0 atom stereocenters. The van der Waals surface area contributed by atoms with E-state index >= 15 is 0 Å². The summed E-state index contributed by atoms with van der Waals surface area (Å²) in [5.41, 5.74) is 2.33. The smallest absolute Gasteiger partial charge is 0.129 e. The largest absolute Gasteiger partial charge is 0.380 e. The van der Waals surface area contributed by atoms with E-state index in [2.05, 4.69) is 38.4 Å². The molecular weight excluding hydrogens is 324 g/mol. The maximum Gasteiger partial charge on any atom is 0.129 e. The summed E-state index contributed by atoms with van der Waals surface area (Å²) in [4.78, 5) is 4.21. The molecule has 4 heteroatoms. The number of hydrogen-bond donors (Lipinski definition) is 1. The first-order valence-electron chi connectivity index (χ1n) is 6.35. The van der Waals surface area contributed by atoms with Crippen LogP contribution in [0.25, 0.3) is 0 Å². The molecule has 1 N–H and O–H groups in total. The van der Waals surface area contributed by atoms with Gasteiger partial charge in [0.2, 0.25) is 0 Å². The predicted octanol–water partition coefficient (Wildman–Crippen LogP) is 4.86. The van der Waals surface area contributed by atoms with Gasteiger partial charge < -0.3 is 5.32 Å². The van der Waals surface area contributed by atoms with E-state index < -0.39 is 0 Å². The van der Waals surface area contributed by atoms with Crippen LogP contribution < -0.4 is 5.32 Å². The molecule has 0 amide bonds. The lowest BCUT2D eigenvalue weighted by atomic mass is 9.76. The topological polar surface area (TPSA) is 24.9 Å². The minimum atomic E-state index is 0.502. The van der Waals surface area contributed by atoms with Crippen molar-refractivity contribution in [1.29, 1.82) is 0 Å². The highest BCUT2D eigenvalue weighted by Gasteiger charge is 2.31. The van der Waals surface area contributed by atoms with E-state index in [9.17, 15) is 0 Å². The van der Waals surface area contributed by atoms with Gasteiger partial charge in [-0.05, 0) is 58.5 Å². The number of benzene rings is 1. The van der Waals surface area contributed by atoms with Crippen molar-refractivity contribution in [2.75, 3.05) is 5.32 Å².